The highest BCUT2D eigenvalue weighted by Gasteiger charge is 2.33. The Hall–Kier alpha value is -1.63. The zero-order valence-corrected chi connectivity index (χ0v) is 13.0. The molecule has 2 aliphatic heterocycles. The predicted octanol–water partition coefficient (Wildman–Crippen LogP) is 0.660. The minimum atomic E-state index is -0.125. The lowest BCUT2D eigenvalue weighted by molar-refractivity contribution is -0.144. The van der Waals surface area contributed by atoms with Crippen molar-refractivity contribution in [3.8, 4) is 0 Å². The molecule has 7 heteroatoms. The van der Waals surface area contributed by atoms with Gasteiger partial charge in [-0.05, 0) is 6.42 Å². The third kappa shape index (κ3) is 3.02. The van der Waals surface area contributed by atoms with E-state index in [2.05, 4.69) is 9.88 Å². The number of aromatic nitrogens is 1. The van der Waals surface area contributed by atoms with Crippen molar-refractivity contribution in [3.63, 3.8) is 0 Å². The monoisotopic (exact) mass is 308 g/mol. The van der Waals surface area contributed by atoms with Crippen LogP contribution in [0, 0.1) is 5.92 Å². The molecule has 0 spiro atoms. The van der Waals surface area contributed by atoms with Crippen LogP contribution in [-0.4, -0.2) is 66.4 Å². The Morgan fingerprint density at radius 2 is 2.05 bits per heavy atom. The van der Waals surface area contributed by atoms with E-state index >= 15 is 0 Å². The maximum atomic E-state index is 12.5. The average molecular weight is 308 g/mol. The number of piperidine rings is 1. The first-order chi connectivity index (χ1) is 10.1. The van der Waals surface area contributed by atoms with Gasteiger partial charge in [0.1, 0.15) is 0 Å². The maximum Gasteiger partial charge on any atom is 0.226 e. The van der Waals surface area contributed by atoms with Gasteiger partial charge in [0.25, 0.3) is 0 Å². The summed E-state index contributed by atoms with van der Waals surface area (Å²) >= 11 is 1.63. The normalized spacial score (nSPS) is 23.6. The molecule has 1 aromatic rings. The predicted molar refractivity (Wildman–Crippen MR) is 81.3 cm³/mol. The van der Waals surface area contributed by atoms with Crippen molar-refractivity contribution in [2.75, 3.05) is 44.7 Å². The molecule has 2 fully saturated rings. The van der Waals surface area contributed by atoms with E-state index in [1.807, 2.05) is 16.5 Å². The smallest absolute Gasteiger partial charge is 0.226 e. The number of nitrogens with zero attached hydrogens (tertiary/aromatic N) is 4. The second-order valence-corrected chi connectivity index (χ2v) is 6.51. The van der Waals surface area contributed by atoms with Gasteiger partial charge in [0.15, 0.2) is 5.13 Å². The molecule has 0 bridgehead atoms. The Balaban J connectivity index is 1.54. The van der Waals surface area contributed by atoms with Crippen LogP contribution in [0.5, 0.6) is 0 Å². The van der Waals surface area contributed by atoms with E-state index in [0.29, 0.717) is 13.0 Å². The number of anilines is 1. The van der Waals surface area contributed by atoms with Gasteiger partial charge >= 0.3 is 0 Å². The number of thiazole rings is 1. The first-order valence-electron chi connectivity index (χ1n) is 7.32. The fourth-order valence-corrected chi connectivity index (χ4v) is 3.60. The Labute approximate surface area is 128 Å². The van der Waals surface area contributed by atoms with Crippen LogP contribution >= 0.6 is 11.3 Å². The van der Waals surface area contributed by atoms with Crippen molar-refractivity contribution in [2.45, 2.75) is 12.8 Å². The lowest BCUT2D eigenvalue weighted by Crippen LogP contribution is -2.52. The van der Waals surface area contributed by atoms with Gasteiger partial charge in [-0.15, -0.1) is 11.3 Å². The fraction of sp³-hybridized carbons (Fsp3) is 0.643. The zero-order chi connectivity index (χ0) is 14.8. The molecule has 0 unspecified atom stereocenters. The number of rotatable bonds is 2. The molecule has 1 aromatic heterocycles. The van der Waals surface area contributed by atoms with Crippen LogP contribution in [0.4, 0.5) is 5.13 Å². The van der Waals surface area contributed by atoms with Crippen molar-refractivity contribution in [2.24, 2.45) is 5.92 Å². The first kappa shape index (κ1) is 14.3. The van der Waals surface area contributed by atoms with Gasteiger partial charge in [-0.3, -0.25) is 9.59 Å². The molecule has 3 heterocycles. The zero-order valence-electron chi connectivity index (χ0n) is 12.2. The van der Waals surface area contributed by atoms with Gasteiger partial charge in [0.2, 0.25) is 11.8 Å². The number of likely N-dealkylation sites (tertiary alicyclic amines) is 1. The summed E-state index contributed by atoms with van der Waals surface area (Å²) in [6, 6.07) is 0. The minimum Gasteiger partial charge on any atom is -0.346 e. The summed E-state index contributed by atoms with van der Waals surface area (Å²) in [5.74, 6) is 0.108. The van der Waals surface area contributed by atoms with Crippen molar-refractivity contribution >= 4 is 28.3 Å². The summed E-state index contributed by atoms with van der Waals surface area (Å²) in [5.41, 5.74) is 0. The Morgan fingerprint density at radius 3 is 2.67 bits per heavy atom. The Bertz CT molecular complexity index is 511. The third-order valence-electron chi connectivity index (χ3n) is 4.29. The minimum absolute atomic E-state index is 0.0843. The molecule has 1 atom stereocenters. The van der Waals surface area contributed by atoms with Crippen LogP contribution in [0.2, 0.25) is 0 Å². The summed E-state index contributed by atoms with van der Waals surface area (Å²) in [6.07, 6.45) is 2.96. The van der Waals surface area contributed by atoms with E-state index in [1.165, 1.54) is 0 Å². The molecule has 0 aliphatic carbocycles. The number of amides is 2. The van der Waals surface area contributed by atoms with Crippen LogP contribution < -0.4 is 4.90 Å². The number of hydrogen-bond donors (Lipinski definition) is 0. The third-order valence-corrected chi connectivity index (χ3v) is 5.12. The second-order valence-electron chi connectivity index (χ2n) is 5.63. The van der Waals surface area contributed by atoms with Crippen LogP contribution in [0.3, 0.4) is 0 Å². The van der Waals surface area contributed by atoms with Gasteiger partial charge in [-0.2, -0.15) is 0 Å². The molecule has 0 saturated carbocycles. The molecular weight excluding hydrogens is 288 g/mol. The summed E-state index contributed by atoms with van der Waals surface area (Å²) in [6.45, 7) is 3.77. The van der Waals surface area contributed by atoms with Crippen molar-refractivity contribution < 1.29 is 9.59 Å². The molecule has 2 aliphatic rings. The van der Waals surface area contributed by atoms with Gasteiger partial charge in [0, 0.05) is 63.7 Å². The highest BCUT2D eigenvalue weighted by molar-refractivity contribution is 7.13. The standard InChI is InChI=1S/C14H20N4O2S/c1-16-4-2-11(10-12(16)19)13(20)17-5-7-18(8-6-17)14-15-3-9-21-14/h3,9,11H,2,4-8,10H2,1H3/t11-/m0/s1. The number of hydrogen-bond acceptors (Lipinski definition) is 5. The number of carbonyl (C=O) groups excluding carboxylic acids is 2. The quantitative estimate of drug-likeness (QED) is 0.805. The van der Waals surface area contributed by atoms with E-state index in [0.717, 1.165) is 37.7 Å². The molecule has 114 valence electrons. The van der Waals surface area contributed by atoms with Crippen LogP contribution in [0.15, 0.2) is 11.6 Å². The van der Waals surface area contributed by atoms with Gasteiger partial charge in [0.05, 0.1) is 0 Å². The SMILES string of the molecule is CN1CC[C@H](C(=O)N2CCN(c3nccs3)CC2)CC1=O. The molecule has 21 heavy (non-hydrogen) atoms. The van der Waals surface area contributed by atoms with Crippen LogP contribution in [0.25, 0.3) is 0 Å². The lowest BCUT2D eigenvalue weighted by atomic mass is 9.95. The van der Waals surface area contributed by atoms with E-state index in [1.54, 1.807) is 23.3 Å². The Morgan fingerprint density at radius 1 is 1.29 bits per heavy atom. The van der Waals surface area contributed by atoms with E-state index in [9.17, 15) is 9.59 Å². The van der Waals surface area contributed by atoms with Crippen molar-refractivity contribution in [1.82, 2.24) is 14.8 Å². The van der Waals surface area contributed by atoms with Gasteiger partial charge in [-0.1, -0.05) is 0 Å². The van der Waals surface area contributed by atoms with Crippen molar-refractivity contribution in [3.05, 3.63) is 11.6 Å². The average Bonchev–Trinajstić information content (AvgIpc) is 3.04. The molecule has 2 saturated heterocycles. The number of carbonyl (C=O) groups is 2. The highest BCUT2D eigenvalue weighted by atomic mass is 32.1. The second kappa shape index (κ2) is 6.01. The highest BCUT2D eigenvalue weighted by Crippen LogP contribution is 2.23. The molecule has 0 aromatic carbocycles. The topological polar surface area (TPSA) is 56.8 Å². The first-order valence-corrected chi connectivity index (χ1v) is 8.20. The maximum absolute atomic E-state index is 12.5. The van der Waals surface area contributed by atoms with E-state index < -0.39 is 0 Å². The molecule has 0 N–H and O–H groups in total. The van der Waals surface area contributed by atoms with Gasteiger partial charge in [-0.25, -0.2) is 4.98 Å². The Kier molecular flexibility index (Phi) is 4.10. The summed E-state index contributed by atoms with van der Waals surface area (Å²) in [4.78, 5) is 34.4. The van der Waals surface area contributed by atoms with Gasteiger partial charge < -0.3 is 14.7 Å². The molecule has 2 amide bonds. The summed E-state index contributed by atoms with van der Waals surface area (Å²) in [7, 11) is 1.80. The van der Waals surface area contributed by atoms with E-state index in [-0.39, 0.29) is 17.7 Å². The van der Waals surface area contributed by atoms with Crippen LogP contribution in [-0.2, 0) is 9.59 Å². The van der Waals surface area contributed by atoms with Crippen LogP contribution in [0.1, 0.15) is 12.8 Å². The molecule has 6 nitrogen and oxygen atoms in total. The van der Waals surface area contributed by atoms with Crippen molar-refractivity contribution in [1.29, 1.82) is 0 Å². The molecule has 3 rings (SSSR count). The molecule has 0 radical (unpaired) electrons. The summed E-state index contributed by atoms with van der Waals surface area (Å²) in [5, 5.41) is 2.99. The largest absolute Gasteiger partial charge is 0.346 e. The molecular formula is C14H20N4O2S. The van der Waals surface area contributed by atoms with E-state index in [4.69, 9.17) is 0 Å². The lowest BCUT2D eigenvalue weighted by Gasteiger charge is -2.37. The fourth-order valence-electron chi connectivity index (χ4n) is 2.90. The number of piperazine rings is 1. The summed E-state index contributed by atoms with van der Waals surface area (Å²) < 4.78 is 0.